The van der Waals surface area contributed by atoms with Gasteiger partial charge in [-0.1, -0.05) is 12.1 Å². The molecule has 6 nitrogen and oxygen atoms in total. The SMILES string of the molecule is O=CNC(CCON1CCCc2cccc(F)c21)n1ccnc1. The van der Waals surface area contributed by atoms with E-state index in [4.69, 9.17) is 4.84 Å². The monoisotopic (exact) mass is 318 g/mol. The minimum atomic E-state index is -0.264. The van der Waals surface area contributed by atoms with E-state index in [0.29, 0.717) is 31.7 Å². The summed E-state index contributed by atoms with van der Waals surface area (Å²) in [7, 11) is 0. The summed E-state index contributed by atoms with van der Waals surface area (Å²) in [4.78, 5) is 20.5. The predicted octanol–water partition coefficient (Wildman–Crippen LogP) is 2.04. The number of amides is 1. The second-order valence-electron chi connectivity index (χ2n) is 5.39. The number of imidazole rings is 1. The molecule has 0 spiro atoms. The van der Waals surface area contributed by atoms with Gasteiger partial charge in [-0.3, -0.25) is 14.7 Å². The standard InChI is InChI=1S/C16H19FN4O2/c17-14-5-1-3-13-4-2-8-21(16(13)14)23-10-6-15(19-12-22)20-9-7-18-11-20/h1,3,5,7,9,11-12,15H,2,4,6,8,10H2,(H,19,22). The number of anilines is 1. The Kier molecular flexibility index (Phi) is 4.87. The van der Waals surface area contributed by atoms with Crippen LogP contribution < -0.4 is 10.4 Å². The molecule has 1 unspecified atom stereocenters. The predicted molar refractivity (Wildman–Crippen MR) is 83.1 cm³/mol. The molecule has 0 saturated heterocycles. The molecule has 0 bridgehead atoms. The smallest absolute Gasteiger partial charge is 0.208 e. The van der Waals surface area contributed by atoms with Crippen molar-refractivity contribution in [1.29, 1.82) is 0 Å². The Balaban J connectivity index is 1.62. The third kappa shape index (κ3) is 3.50. The molecule has 1 aliphatic heterocycles. The topological polar surface area (TPSA) is 59.4 Å². The van der Waals surface area contributed by atoms with Crippen molar-refractivity contribution in [2.24, 2.45) is 0 Å². The van der Waals surface area contributed by atoms with Crippen LogP contribution in [0.2, 0.25) is 0 Å². The van der Waals surface area contributed by atoms with Gasteiger partial charge < -0.3 is 9.88 Å². The number of hydrogen-bond acceptors (Lipinski definition) is 4. The number of hydrogen-bond donors (Lipinski definition) is 1. The molecular weight excluding hydrogens is 299 g/mol. The van der Waals surface area contributed by atoms with Gasteiger partial charge in [0.15, 0.2) is 0 Å². The number of para-hydroxylation sites is 1. The van der Waals surface area contributed by atoms with E-state index in [1.54, 1.807) is 34.4 Å². The number of aromatic nitrogens is 2. The highest BCUT2D eigenvalue weighted by atomic mass is 19.1. The van der Waals surface area contributed by atoms with Gasteiger partial charge in [0.1, 0.15) is 17.7 Å². The number of nitrogens with zero attached hydrogens (tertiary/aromatic N) is 3. The zero-order valence-electron chi connectivity index (χ0n) is 12.7. The Morgan fingerprint density at radius 1 is 1.48 bits per heavy atom. The van der Waals surface area contributed by atoms with Gasteiger partial charge in [0, 0.05) is 25.4 Å². The Labute approximate surface area is 133 Å². The Morgan fingerprint density at radius 3 is 3.17 bits per heavy atom. The quantitative estimate of drug-likeness (QED) is 0.794. The number of fused-ring (bicyclic) bond motifs is 1. The van der Waals surface area contributed by atoms with E-state index in [9.17, 15) is 9.18 Å². The van der Waals surface area contributed by atoms with E-state index >= 15 is 0 Å². The highest BCUT2D eigenvalue weighted by Gasteiger charge is 2.21. The van der Waals surface area contributed by atoms with Gasteiger partial charge in [-0.25, -0.2) is 9.37 Å². The van der Waals surface area contributed by atoms with Crippen molar-refractivity contribution in [2.45, 2.75) is 25.4 Å². The fourth-order valence-electron chi connectivity index (χ4n) is 2.82. The van der Waals surface area contributed by atoms with Crippen molar-refractivity contribution in [1.82, 2.24) is 14.9 Å². The fraction of sp³-hybridized carbons (Fsp3) is 0.375. The van der Waals surface area contributed by atoms with Crippen molar-refractivity contribution >= 4 is 12.1 Å². The van der Waals surface area contributed by atoms with E-state index in [1.807, 2.05) is 6.07 Å². The van der Waals surface area contributed by atoms with Crippen LogP contribution in [0.5, 0.6) is 0 Å². The molecule has 2 heterocycles. The van der Waals surface area contributed by atoms with E-state index in [2.05, 4.69) is 10.3 Å². The molecule has 7 heteroatoms. The summed E-state index contributed by atoms with van der Waals surface area (Å²) >= 11 is 0. The molecule has 122 valence electrons. The minimum Gasteiger partial charge on any atom is -0.338 e. The summed E-state index contributed by atoms with van der Waals surface area (Å²) in [5.74, 6) is -0.264. The van der Waals surface area contributed by atoms with Gasteiger partial charge >= 0.3 is 0 Å². The molecule has 0 aliphatic carbocycles. The molecular formula is C16H19FN4O2. The maximum Gasteiger partial charge on any atom is 0.208 e. The maximum absolute atomic E-state index is 14.1. The van der Waals surface area contributed by atoms with E-state index in [-0.39, 0.29) is 12.0 Å². The molecule has 0 fully saturated rings. The van der Waals surface area contributed by atoms with Crippen LogP contribution in [-0.4, -0.2) is 29.1 Å². The summed E-state index contributed by atoms with van der Waals surface area (Å²) in [6.07, 6.45) is 7.81. The van der Waals surface area contributed by atoms with Gasteiger partial charge in [-0.15, -0.1) is 0 Å². The Bertz CT molecular complexity index is 648. The molecule has 1 amide bonds. The van der Waals surface area contributed by atoms with E-state index in [0.717, 1.165) is 18.4 Å². The van der Waals surface area contributed by atoms with Crippen LogP contribution in [-0.2, 0) is 16.1 Å². The van der Waals surface area contributed by atoms with Crippen LogP contribution >= 0.6 is 0 Å². The molecule has 0 radical (unpaired) electrons. The summed E-state index contributed by atoms with van der Waals surface area (Å²) in [5, 5.41) is 4.35. The molecule has 3 rings (SSSR count). The van der Waals surface area contributed by atoms with Crippen LogP contribution in [0.4, 0.5) is 10.1 Å². The van der Waals surface area contributed by atoms with Crippen LogP contribution in [0.15, 0.2) is 36.9 Å². The average Bonchev–Trinajstić information content (AvgIpc) is 3.09. The van der Waals surface area contributed by atoms with Crippen molar-refractivity contribution < 1.29 is 14.0 Å². The molecule has 1 N–H and O–H groups in total. The molecule has 23 heavy (non-hydrogen) atoms. The van der Waals surface area contributed by atoms with Crippen molar-refractivity contribution in [3.8, 4) is 0 Å². The molecule has 0 saturated carbocycles. The largest absolute Gasteiger partial charge is 0.338 e. The van der Waals surface area contributed by atoms with Crippen molar-refractivity contribution in [3.05, 3.63) is 48.3 Å². The Morgan fingerprint density at radius 2 is 2.39 bits per heavy atom. The lowest BCUT2D eigenvalue weighted by Crippen LogP contribution is -2.33. The van der Waals surface area contributed by atoms with Gasteiger partial charge in [0.2, 0.25) is 6.41 Å². The summed E-state index contributed by atoms with van der Waals surface area (Å²) in [6.45, 7) is 1.02. The number of carbonyl (C=O) groups is 1. The molecule has 2 aromatic rings. The number of hydroxylamine groups is 1. The third-order valence-electron chi connectivity index (χ3n) is 3.91. The van der Waals surface area contributed by atoms with Crippen LogP contribution in [0.25, 0.3) is 0 Å². The van der Waals surface area contributed by atoms with Crippen molar-refractivity contribution in [3.63, 3.8) is 0 Å². The summed E-state index contributed by atoms with van der Waals surface area (Å²) in [6, 6.07) is 5.10. The molecule has 1 aromatic heterocycles. The van der Waals surface area contributed by atoms with Gasteiger partial charge in [-0.2, -0.15) is 0 Å². The minimum absolute atomic E-state index is 0.236. The highest BCUT2D eigenvalue weighted by Crippen LogP contribution is 2.30. The first-order valence-corrected chi connectivity index (χ1v) is 7.64. The number of nitrogens with one attached hydrogen (secondary N) is 1. The molecule has 1 aliphatic rings. The Hall–Kier alpha value is -2.41. The maximum atomic E-state index is 14.1. The third-order valence-corrected chi connectivity index (χ3v) is 3.91. The first-order chi connectivity index (χ1) is 11.3. The van der Waals surface area contributed by atoms with Gasteiger partial charge in [0.25, 0.3) is 0 Å². The number of halogens is 1. The fourth-order valence-corrected chi connectivity index (χ4v) is 2.82. The lowest BCUT2D eigenvalue weighted by atomic mass is 10.0. The number of aryl methyl sites for hydroxylation is 1. The summed E-state index contributed by atoms with van der Waals surface area (Å²) in [5.41, 5.74) is 1.50. The second-order valence-corrected chi connectivity index (χ2v) is 5.39. The van der Waals surface area contributed by atoms with Crippen LogP contribution in [0.1, 0.15) is 24.6 Å². The zero-order chi connectivity index (χ0) is 16.1. The average molecular weight is 318 g/mol. The molecule has 1 aromatic carbocycles. The van der Waals surface area contributed by atoms with Crippen molar-refractivity contribution in [2.75, 3.05) is 18.2 Å². The van der Waals surface area contributed by atoms with Gasteiger partial charge in [0.05, 0.1) is 12.9 Å². The molecule has 1 atom stereocenters. The number of benzene rings is 1. The van der Waals surface area contributed by atoms with Crippen LogP contribution in [0.3, 0.4) is 0 Å². The normalized spacial score (nSPS) is 15.1. The highest BCUT2D eigenvalue weighted by molar-refractivity contribution is 5.54. The number of rotatable bonds is 7. The van der Waals surface area contributed by atoms with Crippen LogP contribution in [0, 0.1) is 5.82 Å². The summed E-state index contributed by atoms with van der Waals surface area (Å²) < 4.78 is 15.9. The first-order valence-electron chi connectivity index (χ1n) is 7.64. The second kappa shape index (κ2) is 7.23. The zero-order valence-corrected chi connectivity index (χ0v) is 12.7. The number of carbonyl (C=O) groups excluding carboxylic acids is 1. The van der Waals surface area contributed by atoms with E-state index in [1.165, 1.54) is 6.07 Å². The van der Waals surface area contributed by atoms with Gasteiger partial charge in [-0.05, 0) is 24.5 Å². The lowest BCUT2D eigenvalue weighted by molar-refractivity contribution is -0.110. The lowest BCUT2D eigenvalue weighted by Gasteiger charge is -2.31. The first kappa shape index (κ1) is 15.5. The van der Waals surface area contributed by atoms with E-state index < -0.39 is 0 Å².